The molecule has 11 heteroatoms. The molecule has 0 aliphatic carbocycles. The molecule has 2 amide bonds. The molecule has 3 rings (SSSR count). The Hall–Kier alpha value is -2.04. The zero-order valence-corrected chi connectivity index (χ0v) is 18.1. The molecule has 2 N–H and O–H groups in total. The second-order valence-electron chi connectivity index (χ2n) is 8.78. The highest BCUT2D eigenvalue weighted by molar-refractivity contribution is 7.91. The van der Waals surface area contributed by atoms with E-state index in [1.807, 2.05) is 20.8 Å². The third kappa shape index (κ3) is 5.97. The van der Waals surface area contributed by atoms with Crippen molar-refractivity contribution in [3.05, 3.63) is 0 Å². The monoisotopic (exact) mass is 429 g/mol. The molecule has 0 aromatic carbocycles. The standard InChI is InChI=1S/C18H31N5O5S/c1-18(2,3)28-17(25)22-7-8-23-14(11-22)10-20-16(23)19-6-4-15(24)21-13-5-9-29(26,27)12-13/h13-14H,4-12H2,1-3H3,(H,19,20)(H,21,24). The first-order valence-corrected chi connectivity index (χ1v) is 11.9. The number of carbonyl (C=O) groups excluding carboxylic acids is 2. The molecule has 3 aliphatic heterocycles. The summed E-state index contributed by atoms with van der Waals surface area (Å²) >= 11 is 0. The van der Waals surface area contributed by atoms with Crippen LogP contribution < -0.4 is 10.6 Å². The number of rotatable bonds is 4. The number of guanidine groups is 1. The number of carbonyl (C=O) groups is 2. The minimum atomic E-state index is -3.00. The molecule has 29 heavy (non-hydrogen) atoms. The van der Waals surface area contributed by atoms with E-state index in [4.69, 9.17) is 4.74 Å². The van der Waals surface area contributed by atoms with Gasteiger partial charge >= 0.3 is 6.09 Å². The topological polar surface area (TPSA) is 120 Å². The third-order valence-corrected chi connectivity index (χ3v) is 6.86. The number of hydrogen-bond acceptors (Lipinski definition) is 8. The summed E-state index contributed by atoms with van der Waals surface area (Å²) in [6, 6.07) is -0.169. The predicted molar refractivity (Wildman–Crippen MR) is 108 cm³/mol. The van der Waals surface area contributed by atoms with Gasteiger partial charge < -0.3 is 25.2 Å². The fourth-order valence-electron chi connectivity index (χ4n) is 3.72. The van der Waals surface area contributed by atoms with Gasteiger partial charge in [0.1, 0.15) is 5.60 Å². The number of nitrogens with one attached hydrogen (secondary N) is 2. The first kappa shape index (κ1) is 21.7. The minimum absolute atomic E-state index is 0.0302. The van der Waals surface area contributed by atoms with Crippen LogP contribution in [0.3, 0.4) is 0 Å². The van der Waals surface area contributed by atoms with Crippen molar-refractivity contribution in [2.45, 2.75) is 51.3 Å². The van der Waals surface area contributed by atoms with Crippen LogP contribution in [0.5, 0.6) is 0 Å². The smallest absolute Gasteiger partial charge is 0.410 e. The zero-order valence-electron chi connectivity index (χ0n) is 17.3. The van der Waals surface area contributed by atoms with Crippen molar-refractivity contribution in [2.24, 2.45) is 4.99 Å². The number of sulfone groups is 1. The average Bonchev–Trinajstić information content (AvgIpc) is 3.15. The second kappa shape index (κ2) is 8.37. The van der Waals surface area contributed by atoms with Gasteiger partial charge in [0.2, 0.25) is 5.91 Å². The second-order valence-corrected chi connectivity index (χ2v) is 11.0. The number of hydrogen-bond donors (Lipinski definition) is 2. The van der Waals surface area contributed by atoms with Gasteiger partial charge in [0.15, 0.2) is 15.8 Å². The van der Waals surface area contributed by atoms with E-state index < -0.39 is 15.4 Å². The van der Waals surface area contributed by atoms with Crippen molar-refractivity contribution in [1.82, 2.24) is 20.4 Å². The summed E-state index contributed by atoms with van der Waals surface area (Å²) < 4.78 is 28.4. The summed E-state index contributed by atoms with van der Waals surface area (Å²) in [5.41, 5.74) is -0.517. The van der Waals surface area contributed by atoms with E-state index in [1.165, 1.54) is 0 Å². The van der Waals surface area contributed by atoms with Crippen molar-refractivity contribution >= 4 is 27.8 Å². The van der Waals surface area contributed by atoms with Crippen LogP contribution in [0, 0.1) is 0 Å². The van der Waals surface area contributed by atoms with Crippen molar-refractivity contribution in [3.63, 3.8) is 0 Å². The molecular weight excluding hydrogens is 398 g/mol. The first-order chi connectivity index (χ1) is 13.5. The fourth-order valence-corrected chi connectivity index (χ4v) is 5.39. The molecule has 10 nitrogen and oxygen atoms in total. The molecule has 2 fully saturated rings. The highest BCUT2D eigenvalue weighted by Crippen LogP contribution is 2.18. The Morgan fingerprint density at radius 1 is 1.28 bits per heavy atom. The molecule has 0 aromatic heterocycles. The summed E-state index contributed by atoms with van der Waals surface area (Å²) in [5, 5.41) is 5.98. The maximum Gasteiger partial charge on any atom is 0.410 e. The molecule has 0 aromatic rings. The maximum absolute atomic E-state index is 12.3. The van der Waals surface area contributed by atoms with Gasteiger partial charge in [-0.15, -0.1) is 0 Å². The summed E-state index contributed by atoms with van der Waals surface area (Å²) in [6.07, 6.45) is 0.430. The van der Waals surface area contributed by atoms with E-state index >= 15 is 0 Å². The van der Waals surface area contributed by atoms with Crippen molar-refractivity contribution in [1.29, 1.82) is 0 Å². The molecular formula is C18H31N5O5S. The number of fused-ring (bicyclic) bond motifs is 1. The van der Waals surface area contributed by atoms with Crippen molar-refractivity contribution < 1.29 is 22.7 Å². The largest absolute Gasteiger partial charge is 0.444 e. The molecule has 0 bridgehead atoms. The SMILES string of the molecule is CC(C)(C)OC(=O)N1CCN2C(NCCC(=O)NC3CCS(=O)(=O)C3)=NCC2C1. The number of nitrogens with zero attached hydrogens (tertiary/aromatic N) is 3. The van der Waals surface area contributed by atoms with Crippen LogP contribution in [-0.2, 0) is 19.4 Å². The number of amides is 2. The van der Waals surface area contributed by atoms with Gasteiger partial charge in [-0.05, 0) is 27.2 Å². The van der Waals surface area contributed by atoms with Crippen LogP contribution in [0.4, 0.5) is 4.79 Å². The van der Waals surface area contributed by atoms with Crippen LogP contribution in [0.15, 0.2) is 4.99 Å². The summed E-state index contributed by atoms with van der Waals surface area (Å²) in [6.45, 7) is 8.33. The first-order valence-electron chi connectivity index (χ1n) is 10.0. The van der Waals surface area contributed by atoms with Gasteiger partial charge in [0.25, 0.3) is 0 Å². The zero-order chi connectivity index (χ0) is 21.2. The molecule has 0 radical (unpaired) electrons. The minimum Gasteiger partial charge on any atom is -0.444 e. The normalized spacial score (nSPS) is 26.0. The molecule has 3 aliphatic rings. The Morgan fingerprint density at radius 2 is 2.03 bits per heavy atom. The van der Waals surface area contributed by atoms with Crippen LogP contribution in [0.2, 0.25) is 0 Å². The Kier molecular flexibility index (Phi) is 6.25. The lowest BCUT2D eigenvalue weighted by atomic mass is 10.2. The van der Waals surface area contributed by atoms with Gasteiger partial charge in [-0.25, -0.2) is 13.2 Å². The third-order valence-electron chi connectivity index (χ3n) is 5.09. The van der Waals surface area contributed by atoms with Crippen molar-refractivity contribution in [3.8, 4) is 0 Å². The number of piperazine rings is 1. The van der Waals surface area contributed by atoms with E-state index in [1.54, 1.807) is 4.90 Å². The number of ether oxygens (including phenoxy) is 1. The Morgan fingerprint density at radius 3 is 2.69 bits per heavy atom. The molecule has 0 saturated carbocycles. The fraction of sp³-hybridized carbons (Fsp3) is 0.833. The van der Waals surface area contributed by atoms with Crippen LogP contribution in [0.1, 0.15) is 33.6 Å². The van der Waals surface area contributed by atoms with E-state index in [0.717, 1.165) is 5.96 Å². The van der Waals surface area contributed by atoms with Gasteiger partial charge in [-0.2, -0.15) is 0 Å². The van der Waals surface area contributed by atoms with Gasteiger partial charge in [-0.1, -0.05) is 0 Å². The maximum atomic E-state index is 12.3. The Balaban J connectivity index is 1.38. The quantitative estimate of drug-likeness (QED) is 0.622. The van der Waals surface area contributed by atoms with Crippen molar-refractivity contribution in [2.75, 3.05) is 44.2 Å². The van der Waals surface area contributed by atoms with Crippen LogP contribution >= 0.6 is 0 Å². The molecule has 2 saturated heterocycles. The van der Waals surface area contributed by atoms with Crippen LogP contribution in [0.25, 0.3) is 0 Å². The lowest BCUT2D eigenvalue weighted by Gasteiger charge is -2.39. The highest BCUT2D eigenvalue weighted by Gasteiger charge is 2.36. The lowest BCUT2D eigenvalue weighted by Crippen LogP contribution is -2.57. The molecule has 3 heterocycles. The number of aliphatic imine (C=N–C) groups is 1. The van der Waals surface area contributed by atoms with E-state index in [9.17, 15) is 18.0 Å². The van der Waals surface area contributed by atoms with E-state index in [0.29, 0.717) is 39.1 Å². The summed E-state index contributed by atoms with van der Waals surface area (Å²) in [7, 11) is -3.00. The predicted octanol–water partition coefficient (Wildman–Crippen LogP) is -0.440. The summed E-state index contributed by atoms with van der Waals surface area (Å²) in [5.74, 6) is 0.756. The molecule has 0 spiro atoms. The van der Waals surface area contributed by atoms with E-state index in [2.05, 4.69) is 20.5 Å². The van der Waals surface area contributed by atoms with Gasteiger partial charge in [0, 0.05) is 38.6 Å². The molecule has 2 unspecified atom stereocenters. The van der Waals surface area contributed by atoms with Crippen LogP contribution in [-0.4, -0.2) is 98.1 Å². The highest BCUT2D eigenvalue weighted by atomic mass is 32.2. The van der Waals surface area contributed by atoms with E-state index in [-0.39, 0.29) is 42.0 Å². The van der Waals surface area contributed by atoms with Gasteiger partial charge in [-0.3, -0.25) is 9.79 Å². The molecule has 2 atom stereocenters. The lowest BCUT2D eigenvalue weighted by molar-refractivity contribution is -0.121. The summed E-state index contributed by atoms with van der Waals surface area (Å²) in [4.78, 5) is 32.7. The average molecular weight is 430 g/mol. The molecule has 164 valence electrons. The van der Waals surface area contributed by atoms with Gasteiger partial charge in [0.05, 0.1) is 24.1 Å². The Bertz CT molecular complexity index is 776. The Labute approximate surface area is 172 Å².